The average molecular weight is 466 g/mol. The lowest BCUT2D eigenvalue weighted by atomic mass is 10.1. The molecule has 2 aromatic carbocycles. The molecule has 3 rings (SSSR count). The second kappa shape index (κ2) is 11.3. The molecule has 3 aromatic rings. The molecule has 0 saturated carbocycles. The number of halogens is 1. The average Bonchev–Trinajstić information content (AvgIpc) is 2.83. The Hall–Kier alpha value is -3.68. The standard InChI is InChI=1S/C25H24ClN3O4/c1-29(13-14-30)21-10-3-17(4-11-21)5-12-22(31)18-6-8-20(9-7-18)27-25(32)19-15-23(26)28-24(16-19)33-2/h3-12,15-16,30H,13-14H2,1-2H3,(H,27,32)/b12-5+. The van der Waals surface area contributed by atoms with Crippen LogP contribution in [0.3, 0.4) is 0 Å². The molecular formula is C25H24ClN3O4. The van der Waals surface area contributed by atoms with Crippen molar-refractivity contribution in [1.29, 1.82) is 0 Å². The van der Waals surface area contributed by atoms with Gasteiger partial charge in [-0.2, -0.15) is 0 Å². The third kappa shape index (κ3) is 6.65. The predicted molar refractivity (Wildman–Crippen MR) is 130 cm³/mol. The molecule has 0 saturated heterocycles. The SMILES string of the molecule is COc1cc(C(=O)Nc2ccc(C(=O)/C=C/c3ccc(N(C)CCO)cc3)cc2)cc(Cl)n1. The van der Waals surface area contributed by atoms with Crippen LogP contribution in [0.4, 0.5) is 11.4 Å². The molecule has 33 heavy (non-hydrogen) atoms. The molecule has 0 aliphatic rings. The van der Waals surface area contributed by atoms with Crippen molar-refractivity contribution in [2.24, 2.45) is 0 Å². The van der Waals surface area contributed by atoms with Crippen molar-refractivity contribution in [3.05, 3.63) is 88.6 Å². The summed E-state index contributed by atoms with van der Waals surface area (Å²) in [6, 6.07) is 17.2. The van der Waals surface area contributed by atoms with Crippen molar-refractivity contribution < 1.29 is 19.4 Å². The molecule has 0 aliphatic carbocycles. The largest absolute Gasteiger partial charge is 0.481 e. The molecule has 170 valence electrons. The van der Waals surface area contributed by atoms with Crippen LogP contribution in [0.25, 0.3) is 6.08 Å². The number of nitrogens with zero attached hydrogens (tertiary/aromatic N) is 2. The highest BCUT2D eigenvalue weighted by atomic mass is 35.5. The molecule has 0 radical (unpaired) electrons. The Balaban J connectivity index is 1.62. The molecular weight excluding hydrogens is 442 g/mol. The Bertz CT molecular complexity index is 1150. The summed E-state index contributed by atoms with van der Waals surface area (Å²) in [4.78, 5) is 30.8. The van der Waals surface area contributed by atoms with Crippen molar-refractivity contribution in [3.63, 3.8) is 0 Å². The number of allylic oxidation sites excluding steroid dienone is 1. The van der Waals surface area contributed by atoms with Gasteiger partial charge < -0.3 is 20.1 Å². The van der Waals surface area contributed by atoms with Gasteiger partial charge in [0, 0.05) is 42.2 Å². The number of pyridine rings is 1. The van der Waals surface area contributed by atoms with E-state index >= 15 is 0 Å². The van der Waals surface area contributed by atoms with Gasteiger partial charge in [0.15, 0.2) is 5.78 Å². The van der Waals surface area contributed by atoms with E-state index in [1.165, 1.54) is 25.3 Å². The highest BCUT2D eigenvalue weighted by Crippen LogP contribution is 2.19. The zero-order chi connectivity index (χ0) is 23.8. The Morgan fingerprint density at radius 1 is 1.09 bits per heavy atom. The van der Waals surface area contributed by atoms with Crippen LogP contribution in [0.1, 0.15) is 26.3 Å². The number of rotatable bonds is 9. The molecule has 0 fully saturated rings. The summed E-state index contributed by atoms with van der Waals surface area (Å²) in [5.41, 5.74) is 3.22. The summed E-state index contributed by atoms with van der Waals surface area (Å²) in [5.74, 6) is -0.281. The fourth-order valence-corrected chi connectivity index (χ4v) is 3.22. The van der Waals surface area contributed by atoms with E-state index in [2.05, 4.69) is 10.3 Å². The van der Waals surface area contributed by atoms with Crippen LogP contribution in [0, 0.1) is 0 Å². The maximum Gasteiger partial charge on any atom is 0.255 e. The van der Waals surface area contributed by atoms with E-state index < -0.39 is 0 Å². The number of nitrogens with one attached hydrogen (secondary N) is 1. The first-order valence-electron chi connectivity index (χ1n) is 10.2. The van der Waals surface area contributed by atoms with Crippen molar-refractivity contribution >= 4 is 40.7 Å². The first kappa shape index (κ1) is 24.0. The summed E-state index contributed by atoms with van der Waals surface area (Å²) in [6.07, 6.45) is 3.25. The van der Waals surface area contributed by atoms with E-state index in [9.17, 15) is 9.59 Å². The van der Waals surface area contributed by atoms with E-state index in [1.54, 1.807) is 30.3 Å². The minimum atomic E-state index is -0.371. The van der Waals surface area contributed by atoms with Crippen LogP contribution in [-0.4, -0.2) is 49.1 Å². The molecule has 0 atom stereocenters. The zero-order valence-corrected chi connectivity index (χ0v) is 19.0. The van der Waals surface area contributed by atoms with Gasteiger partial charge in [-0.25, -0.2) is 4.98 Å². The number of benzene rings is 2. The molecule has 0 spiro atoms. The fraction of sp³-hybridized carbons (Fsp3) is 0.160. The van der Waals surface area contributed by atoms with Crippen LogP contribution in [0.5, 0.6) is 5.88 Å². The van der Waals surface area contributed by atoms with Crippen LogP contribution in [0.2, 0.25) is 5.15 Å². The number of carbonyl (C=O) groups excluding carboxylic acids is 2. The maximum atomic E-state index is 12.5. The number of aliphatic hydroxyl groups is 1. The summed E-state index contributed by atoms with van der Waals surface area (Å²) >= 11 is 5.91. The number of likely N-dealkylation sites (N-methyl/N-ethyl adjacent to an activating group) is 1. The number of hydrogen-bond donors (Lipinski definition) is 2. The molecule has 0 unspecified atom stereocenters. The monoisotopic (exact) mass is 465 g/mol. The van der Waals surface area contributed by atoms with Gasteiger partial charge in [0.05, 0.1) is 13.7 Å². The minimum Gasteiger partial charge on any atom is -0.481 e. The number of methoxy groups -OCH3 is 1. The third-order valence-corrected chi connectivity index (χ3v) is 5.06. The highest BCUT2D eigenvalue weighted by molar-refractivity contribution is 6.30. The van der Waals surface area contributed by atoms with Gasteiger partial charge in [-0.15, -0.1) is 0 Å². The summed E-state index contributed by atoms with van der Waals surface area (Å²) in [7, 11) is 3.34. The molecule has 7 nitrogen and oxygen atoms in total. The highest BCUT2D eigenvalue weighted by Gasteiger charge is 2.11. The van der Waals surface area contributed by atoms with Gasteiger partial charge in [0.25, 0.3) is 5.91 Å². The van der Waals surface area contributed by atoms with Gasteiger partial charge in [0.2, 0.25) is 5.88 Å². The smallest absolute Gasteiger partial charge is 0.255 e. The number of aromatic nitrogens is 1. The van der Waals surface area contributed by atoms with Gasteiger partial charge >= 0.3 is 0 Å². The second-order valence-corrected chi connectivity index (χ2v) is 7.57. The van der Waals surface area contributed by atoms with Crippen LogP contribution in [-0.2, 0) is 0 Å². The number of anilines is 2. The van der Waals surface area contributed by atoms with Crippen molar-refractivity contribution in [2.45, 2.75) is 0 Å². The molecule has 1 aromatic heterocycles. The Labute approximate surface area is 197 Å². The van der Waals surface area contributed by atoms with Crippen LogP contribution in [0.15, 0.2) is 66.7 Å². The Morgan fingerprint density at radius 3 is 2.42 bits per heavy atom. The number of carbonyl (C=O) groups is 2. The third-order valence-electron chi connectivity index (χ3n) is 4.87. The van der Waals surface area contributed by atoms with Crippen LogP contribution >= 0.6 is 11.6 Å². The number of ether oxygens (including phenoxy) is 1. The Kier molecular flexibility index (Phi) is 8.18. The van der Waals surface area contributed by atoms with Gasteiger partial charge in [-0.3, -0.25) is 9.59 Å². The molecule has 1 amide bonds. The van der Waals surface area contributed by atoms with Gasteiger partial charge in [-0.05, 0) is 54.1 Å². The van der Waals surface area contributed by atoms with Crippen molar-refractivity contribution in [2.75, 3.05) is 37.5 Å². The predicted octanol–water partition coefficient (Wildman–Crippen LogP) is 4.32. The number of amides is 1. The first-order valence-corrected chi connectivity index (χ1v) is 10.5. The van der Waals surface area contributed by atoms with Gasteiger partial charge in [-0.1, -0.05) is 29.8 Å². The van der Waals surface area contributed by atoms with E-state index in [1.807, 2.05) is 36.2 Å². The van der Waals surface area contributed by atoms with Crippen molar-refractivity contribution in [3.8, 4) is 5.88 Å². The lowest BCUT2D eigenvalue weighted by Crippen LogP contribution is -2.20. The number of ketones is 1. The first-order chi connectivity index (χ1) is 15.9. The molecule has 2 N–H and O–H groups in total. The molecule has 1 heterocycles. The van der Waals surface area contributed by atoms with E-state index in [0.717, 1.165) is 11.3 Å². The van der Waals surface area contributed by atoms with Crippen molar-refractivity contribution in [1.82, 2.24) is 4.98 Å². The number of aliphatic hydroxyl groups excluding tert-OH is 1. The molecule has 0 bridgehead atoms. The summed E-state index contributed by atoms with van der Waals surface area (Å²) in [5, 5.41) is 11.9. The number of hydrogen-bond acceptors (Lipinski definition) is 6. The zero-order valence-electron chi connectivity index (χ0n) is 18.3. The van der Waals surface area contributed by atoms with E-state index in [4.69, 9.17) is 21.4 Å². The second-order valence-electron chi connectivity index (χ2n) is 7.19. The van der Waals surface area contributed by atoms with Crippen LogP contribution < -0.4 is 15.0 Å². The molecule has 8 heteroatoms. The van der Waals surface area contributed by atoms with E-state index in [-0.39, 0.29) is 29.3 Å². The maximum absolute atomic E-state index is 12.5. The summed E-state index contributed by atoms with van der Waals surface area (Å²) in [6.45, 7) is 0.635. The summed E-state index contributed by atoms with van der Waals surface area (Å²) < 4.78 is 5.03. The lowest BCUT2D eigenvalue weighted by molar-refractivity contribution is 0.102. The normalized spacial score (nSPS) is 10.8. The van der Waals surface area contributed by atoms with Gasteiger partial charge in [0.1, 0.15) is 5.15 Å². The quantitative estimate of drug-likeness (QED) is 0.278. The topological polar surface area (TPSA) is 91.8 Å². The van der Waals surface area contributed by atoms with E-state index in [0.29, 0.717) is 23.4 Å². The Morgan fingerprint density at radius 2 is 1.79 bits per heavy atom. The fourth-order valence-electron chi connectivity index (χ4n) is 3.02. The lowest BCUT2D eigenvalue weighted by Gasteiger charge is -2.17. The molecule has 0 aliphatic heterocycles. The minimum absolute atomic E-state index is 0.0853.